The summed E-state index contributed by atoms with van der Waals surface area (Å²) in [5.41, 5.74) is 5.27. The van der Waals surface area contributed by atoms with E-state index in [-0.39, 0.29) is 5.82 Å². The summed E-state index contributed by atoms with van der Waals surface area (Å²) < 4.78 is 12.9. The number of fused-ring (bicyclic) bond motifs is 1. The van der Waals surface area contributed by atoms with Crippen molar-refractivity contribution in [2.45, 2.75) is 32.4 Å². The van der Waals surface area contributed by atoms with Crippen molar-refractivity contribution in [3.63, 3.8) is 0 Å². The molecule has 0 atom stereocenters. The fourth-order valence-corrected chi connectivity index (χ4v) is 2.93. The van der Waals surface area contributed by atoms with Crippen LogP contribution in [-0.2, 0) is 25.9 Å². The number of nitrogens with zero attached hydrogens (tertiary/aromatic N) is 1. The van der Waals surface area contributed by atoms with Gasteiger partial charge >= 0.3 is 0 Å². The van der Waals surface area contributed by atoms with Gasteiger partial charge in [0.1, 0.15) is 5.82 Å². The van der Waals surface area contributed by atoms with Gasteiger partial charge < -0.3 is 10.6 Å². The Labute approximate surface area is 136 Å². The second-order valence-electron chi connectivity index (χ2n) is 5.86. The van der Waals surface area contributed by atoms with E-state index in [1.54, 1.807) is 19.2 Å². The molecule has 1 aliphatic rings. The Bertz CT molecular complexity index is 692. The smallest absolute Gasteiger partial charge is 0.191 e. The minimum absolute atomic E-state index is 0.215. The number of aliphatic imine (C=N–C) groups is 1. The number of nitrogens with one attached hydrogen (secondary N) is 2. The van der Waals surface area contributed by atoms with Crippen molar-refractivity contribution in [3.8, 4) is 0 Å². The average Bonchev–Trinajstić information content (AvgIpc) is 3.04. The van der Waals surface area contributed by atoms with Crippen LogP contribution in [0.15, 0.2) is 47.5 Å². The van der Waals surface area contributed by atoms with Crippen molar-refractivity contribution in [2.24, 2.45) is 4.99 Å². The second-order valence-corrected chi connectivity index (χ2v) is 5.86. The van der Waals surface area contributed by atoms with Crippen molar-refractivity contribution >= 4 is 5.96 Å². The number of benzene rings is 2. The fraction of sp³-hybridized carbons (Fsp3) is 0.316. The van der Waals surface area contributed by atoms with Crippen LogP contribution in [0.4, 0.5) is 4.39 Å². The van der Waals surface area contributed by atoms with Gasteiger partial charge in [-0.05, 0) is 53.6 Å². The summed E-state index contributed by atoms with van der Waals surface area (Å²) in [6, 6.07) is 13.2. The number of hydrogen-bond acceptors (Lipinski definition) is 1. The Kier molecular flexibility index (Phi) is 4.91. The number of hydrogen-bond donors (Lipinski definition) is 2. The lowest BCUT2D eigenvalue weighted by molar-refractivity contribution is 0.626. The third-order valence-corrected chi connectivity index (χ3v) is 4.22. The normalized spacial score (nSPS) is 13.7. The van der Waals surface area contributed by atoms with Crippen molar-refractivity contribution in [1.82, 2.24) is 10.6 Å². The number of aryl methyl sites for hydroxylation is 2. The third kappa shape index (κ3) is 4.09. The summed E-state index contributed by atoms with van der Waals surface area (Å²) in [5.74, 6) is 0.530. The van der Waals surface area contributed by atoms with Crippen molar-refractivity contribution in [1.29, 1.82) is 0 Å². The highest BCUT2D eigenvalue weighted by Crippen LogP contribution is 2.22. The Hall–Kier alpha value is -2.36. The van der Waals surface area contributed by atoms with E-state index < -0.39 is 0 Å². The second kappa shape index (κ2) is 7.27. The van der Waals surface area contributed by atoms with Gasteiger partial charge in [-0.2, -0.15) is 0 Å². The Morgan fingerprint density at radius 3 is 2.35 bits per heavy atom. The van der Waals surface area contributed by atoms with Crippen molar-refractivity contribution in [2.75, 3.05) is 7.05 Å². The number of halogens is 1. The molecule has 0 fully saturated rings. The standard InChI is InChI=1S/C19H22FN3/c1-21-19(22-12-14-6-9-18(20)10-7-14)23-13-15-5-8-16-3-2-4-17(16)11-15/h5-11H,2-4,12-13H2,1H3,(H2,21,22,23). The lowest BCUT2D eigenvalue weighted by atomic mass is 10.1. The molecule has 23 heavy (non-hydrogen) atoms. The summed E-state index contributed by atoms with van der Waals surface area (Å²) in [5, 5.41) is 6.57. The first-order valence-electron chi connectivity index (χ1n) is 8.04. The van der Waals surface area contributed by atoms with Crippen LogP contribution in [0.3, 0.4) is 0 Å². The molecule has 2 aromatic rings. The topological polar surface area (TPSA) is 36.4 Å². The zero-order valence-corrected chi connectivity index (χ0v) is 13.4. The lowest BCUT2D eigenvalue weighted by Crippen LogP contribution is -2.36. The summed E-state index contributed by atoms with van der Waals surface area (Å²) in [7, 11) is 1.75. The van der Waals surface area contributed by atoms with E-state index in [0.717, 1.165) is 18.1 Å². The first-order chi connectivity index (χ1) is 11.2. The van der Waals surface area contributed by atoms with Crippen LogP contribution in [0.5, 0.6) is 0 Å². The van der Waals surface area contributed by atoms with Crippen LogP contribution in [-0.4, -0.2) is 13.0 Å². The molecule has 0 radical (unpaired) electrons. The van der Waals surface area contributed by atoms with Crippen LogP contribution in [0.2, 0.25) is 0 Å². The molecule has 2 N–H and O–H groups in total. The third-order valence-electron chi connectivity index (χ3n) is 4.22. The lowest BCUT2D eigenvalue weighted by Gasteiger charge is -2.13. The average molecular weight is 311 g/mol. The quantitative estimate of drug-likeness (QED) is 0.672. The molecule has 0 aromatic heterocycles. The molecule has 0 saturated heterocycles. The molecule has 3 nitrogen and oxygen atoms in total. The van der Waals surface area contributed by atoms with Gasteiger partial charge in [-0.1, -0.05) is 30.3 Å². The van der Waals surface area contributed by atoms with Gasteiger partial charge in [-0.15, -0.1) is 0 Å². The van der Waals surface area contributed by atoms with Crippen molar-refractivity contribution < 1.29 is 4.39 Å². The van der Waals surface area contributed by atoms with Crippen LogP contribution in [0, 0.1) is 5.82 Å². The first kappa shape index (κ1) is 15.5. The highest BCUT2D eigenvalue weighted by atomic mass is 19.1. The molecule has 0 amide bonds. The predicted molar refractivity (Wildman–Crippen MR) is 91.9 cm³/mol. The minimum Gasteiger partial charge on any atom is -0.352 e. The van der Waals surface area contributed by atoms with E-state index in [2.05, 4.69) is 33.8 Å². The van der Waals surface area contributed by atoms with E-state index in [0.29, 0.717) is 6.54 Å². The van der Waals surface area contributed by atoms with Crippen LogP contribution in [0.25, 0.3) is 0 Å². The zero-order chi connectivity index (χ0) is 16.1. The van der Waals surface area contributed by atoms with E-state index >= 15 is 0 Å². The molecular weight excluding hydrogens is 289 g/mol. The van der Waals surface area contributed by atoms with Gasteiger partial charge in [0, 0.05) is 20.1 Å². The molecule has 0 heterocycles. The molecule has 0 unspecified atom stereocenters. The van der Waals surface area contributed by atoms with E-state index in [9.17, 15) is 4.39 Å². The maximum atomic E-state index is 12.9. The van der Waals surface area contributed by atoms with Crippen LogP contribution < -0.4 is 10.6 Å². The Morgan fingerprint density at radius 1 is 0.957 bits per heavy atom. The summed E-state index contributed by atoms with van der Waals surface area (Å²) in [6.45, 7) is 1.36. The fourth-order valence-electron chi connectivity index (χ4n) is 2.93. The highest BCUT2D eigenvalue weighted by Gasteiger charge is 2.10. The van der Waals surface area contributed by atoms with Gasteiger partial charge in [0.05, 0.1) is 0 Å². The molecule has 1 aliphatic carbocycles. The summed E-state index contributed by atoms with van der Waals surface area (Å²) in [6.07, 6.45) is 3.68. The molecule has 0 saturated carbocycles. The molecule has 120 valence electrons. The van der Waals surface area contributed by atoms with Gasteiger partial charge in [0.2, 0.25) is 0 Å². The van der Waals surface area contributed by atoms with Crippen LogP contribution >= 0.6 is 0 Å². The first-order valence-corrected chi connectivity index (χ1v) is 8.04. The van der Waals surface area contributed by atoms with E-state index in [1.807, 2.05) is 0 Å². The molecule has 0 aliphatic heterocycles. The van der Waals surface area contributed by atoms with Gasteiger partial charge in [-0.3, -0.25) is 4.99 Å². The predicted octanol–water partition coefficient (Wildman–Crippen LogP) is 3.18. The Balaban J connectivity index is 1.52. The van der Waals surface area contributed by atoms with E-state index in [1.165, 1.54) is 48.1 Å². The largest absolute Gasteiger partial charge is 0.352 e. The summed E-state index contributed by atoms with van der Waals surface area (Å²) >= 11 is 0. The number of rotatable bonds is 4. The van der Waals surface area contributed by atoms with Crippen molar-refractivity contribution in [3.05, 3.63) is 70.5 Å². The van der Waals surface area contributed by atoms with Crippen LogP contribution in [0.1, 0.15) is 28.7 Å². The molecule has 0 bridgehead atoms. The molecule has 2 aromatic carbocycles. The molecular formula is C19H22FN3. The highest BCUT2D eigenvalue weighted by molar-refractivity contribution is 5.79. The van der Waals surface area contributed by atoms with Gasteiger partial charge in [0.15, 0.2) is 5.96 Å². The van der Waals surface area contributed by atoms with Gasteiger partial charge in [-0.25, -0.2) is 4.39 Å². The van der Waals surface area contributed by atoms with E-state index in [4.69, 9.17) is 0 Å². The molecule has 4 heteroatoms. The number of guanidine groups is 1. The molecule has 0 spiro atoms. The van der Waals surface area contributed by atoms with Gasteiger partial charge in [0.25, 0.3) is 0 Å². The molecule has 3 rings (SSSR count). The maximum absolute atomic E-state index is 12.9. The SMILES string of the molecule is CN=C(NCc1ccc(F)cc1)NCc1ccc2c(c1)CCC2. The Morgan fingerprint density at radius 2 is 1.61 bits per heavy atom. The minimum atomic E-state index is -0.215. The zero-order valence-electron chi connectivity index (χ0n) is 13.4. The summed E-state index contributed by atoms with van der Waals surface area (Å²) in [4.78, 5) is 4.23. The monoisotopic (exact) mass is 311 g/mol. The maximum Gasteiger partial charge on any atom is 0.191 e.